The van der Waals surface area contributed by atoms with Crippen LogP contribution in [0, 0.1) is 24.1 Å². The van der Waals surface area contributed by atoms with E-state index < -0.39 is 28.7 Å². The van der Waals surface area contributed by atoms with E-state index in [2.05, 4.69) is 20.5 Å². The number of aromatic amines is 1. The van der Waals surface area contributed by atoms with Gasteiger partial charge in [-0.15, -0.1) is 0 Å². The first-order valence-corrected chi connectivity index (χ1v) is 8.47. The number of nitrogens with zero attached hydrogens (tertiary/aromatic N) is 3. The topological polar surface area (TPSA) is 93.9 Å². The molecule has 0 radical (unpaired) electrons. The van der Waals surface area contributed by atoms with E-state index in [0.29, 0.717) is 5.56 Å². The van der Waals surface area contributed by atoms with E-state index in [-0.39, 0.29) is 22.8 Å². The van der Waals surface area contributed by atoms with E-state index in [0.717, 1.165) is 25.3 Å². The fraction of sp³-hybridized carbons (Fsp3) is 0.100. The molecular formula is C20H13F4N5O. The van der Waals surface area contributed by atoms with Crippen LogP contribution in [0.25, 0.3) is 11.3 Å². The van der Waals surface area contributed by atoms with Gasteiger partial charge in [-0.05, 0) is 12.5 Å². The SMILES string of the molecule is Cc1ccc(C=NNc2nc(-c3ccccc3)c(C#N)c(=O)[nH]2)c(F)c1C(F)(F)F. The van der Waals surface area contributed by atoms with Gasteiger partial charge in [0.15, 0.2) is 0 Å². The van der Waals surface area contributed by atoms with Crippen LogP contribution in [0.5, 0.6) is 0 Å². The first-order valence-electron chi connectivity index (χ1n) is 8.47. The lowest BCUT2D eigenvalue weighted by molar-refractivity contribution is -0.140. The molecule has 0 aliphatic heterocycles. The predicted octanol–water partition coefficient (Wildman–Crippen LogP) is 4.22. The van der Waals surface area contributed by atoms with Gasteiger partial charge in [0.2, 0.25) is 5.95 Å². The maximum absolute atomic E-state index is 14.3. The van der Waals surface area contributed by atoms with Gasteiger partial charge in [0.1, 0.15) is 17.4 Å². The molecule has 1 aromatic heterocycles. The zero-order chi connectivity index (χ0) is 21.9. The summed E-state index contributed by atoms with van der Waals surface area (Å²) in [5.41, 5.74) is -0.0293. The fourth-order valence-electron chi connectivity index (χ4n) is 2.73. The Labute approximate surface area is 167 Å². The summed E-state index contributed by atoms with van der Waals surface area (Å²) < 4.78 is 53.3. The van der Waals surface area contributed by atoms with Crippen LogP contribution >= 0.6 is 0 Å². The van der Waals surface area contributed by atoms with Gasteiger partial charge in [0.25, 0.3) is 5.56 Å². The Balaban J connectivity index is 1.94. The van der Waals surface area contributed by atoms with E-state index in [1.54, 1.807) is 36.4 Å². The Hall–Kier alpha value is -4.00. The maximum Gasteiger partial charge on any atom is 0.419 e. The van der Waals surface area contributed by atoms with Crippen molar-refractivity contribution in [3.8, 4) is 17.3 Å². The largest absolute Gasteiger partial charge is 0.419 e. The number of hydrogen-bond donors (Lipinski definition) is 2. The summed E-state index contributed by atoms with van der Waals surface area (Å²) in [5, 5.41) is 12.9. The van der Waals surface area contributed by atoms with Crippen molar-refractivity contribution in [3.05, 3.63) is 80.9 Å². The van der Waals surface area contributed by atoms with Crippen LogP contribution in [-0.2, 0) is 6.18 Å². The number of aryl methyl sites for hydroxylation is 1. The van der Waals surface area contributed by atoms with E-state index in [4.69, 9.17) is 0 Å². The molecule has 0 saturated carbocycles. The molecule has 0 aliphatic carbocycles. The first-order chi connectivity index (χ1) is 14.2. The van der Waals surface area contributed by atoms with Crippen LogP contribution in [-0.4, -0.2) is 16.2 Å². The van der Waals surface area contributed by atoms with Gasteiger partial charge in [-0.2, -0.15) is 23.5 Å². The molecule has 0 fully saturated rings. The lowest BCUT2D eigenvalue weighted by Crippen LogP contribution is -2.16. The number of anilines is 1. The van der Waals surface area contributed by atoms with Crippen LogP contribution in [0.2, 0.25) is 0 Å². The Morgan fingerprint density at radius 2 is 1.90 bits per heavy atom. The van der Waals surface area contributed by atoms with Crippen molar-refractivity contribution in [2.45, 2.75) is 13.1 Å². The Morgan fingerprint density at radius 3 is 2.53 bits per heavy atom. The smallest absolute Gasteiger partial charge is 0.290 e. The number of hydrogen-bond acceptors (Lipinski definition) is 5. The summed E-state index contributed by atoms with van der Waals surface area (Å²) in [7, 11) is 0. The summed E-state index contributed by atoms with van der Waals surface area (Å²) in [6.45, 7) is 1.15. The van der Waals surface area contributed by atoms with Crippen molar-refractivity contribution in [1.29, 1.82) is 5.26 Å². The van der Waals surface area contributed by atoms with Gasteiger partial charge in [0.05, 0.1) is 17.5 Å². The normalized spacial score (nSPS) is 11.5. The summed E-state index contributed by atoms with van der Waals surface area (Å²) in [6, 6.07) is 12.5. The monoisotopic (exact) mass is 415 g/mol. The number of rotatable bonds is 4. The molecule has 2 N–H and O–H groups in total. The molecule has 0 saturated heterocycles. The average molecular weight is 415 g/mol. The molecule has 0 atom stereocenters. The first kappa shape index (κ1) is 20.7. The van der Waals surface area contributed by atoms with E-state index in [1.165, 1.54) is 0 Å². The highest BCUT2D eigenvalue weighted by Gasteiger charge is 2.36. The molecule has 0 amide bonds. The van der Waals surface area contributed by atoms with Gasteiger partial charge in [-0.3, -0.25) is 9.78 Å². The Bertz CT molecular complexity index is 1210. The third-order valence-electron chi connectivity index (χ3n) is 4.12. The molecule has 152 valence electrons. The lowest BCUT2D eigenvalue weighted by Gasteiger charge is -2.12. The van der Waals surface area contributed by atoms with Crippen molar-refractivity contribution in [1.82, 2.24) is 9.97 Å². The minimum atomic E-state index is -4.85. The number of nitrogens with one attached hydrogen (secondary N) is 2. The highest BCUT2D eigenvalue weighted by Crippen LogP contribution is 2.34. The van der Waals surface area contributed by atoms with Crippen molar-refractivity contribution < 1.29 is 17.6 Å². The van der Waals surface area contributed by atoms with Crippen molar-refractivity contribution in [3.63, 3.8) is 0 Å². The summed E-state index contributed by atoms with van der Waals surface area (Å²) >= 11 is 0. The maximum atomic E-state index is 14.3. The van der Waals surface area contributed by atoms with Crippen LogP contribution in [0.4, 0.5) is 23.5 Å². The predicted molar refractivity (Wildman–Crippen MR) is 102 cm³/mol. The number of aromatic nitrogens is 2. The minimum Gasteiger partial charge on any atom is -0.290 e. The van der Waals surface area contributed by atoms with Crippen molar-refractivity contribution in [2.75, 3.05) is 5.43 Å². The third-order valence-corrected chi connectivity index (χ3v) is 4.12. The second-order valence-corrected chi connectivity index (χ2v) is 6.14. The van der Waals surface area contributed by atoms with Gasteiger partial charge in [-0.25, -0.2) is 14.8 Å². The molecule has 3 rings (SSSR count). The number of nitriles is 1. The van der Waals surface area contributed by atoms with Gasteiger partial charge in [0, 0.05) is 11.1 Å². The Morgan fingerprint density at radius 1 is 1.20 bits per heavy atom. The molecule has 0 aliphatic rings. The number of benzene rings is 2. The molecule has 6 nitrogen and oxygen atoms in total. The highest BCUT2D eigenvalue weighted by atomic mass is 19.4. The number of H-pyrrole nitrogens is 1. The minimum absolute atomic E-state index is 0.0976. The quantitative estimate of drug-likeness (QED) is 0.379. The van der Waals surface area contributed by atoms with Crippen LogP contribution in [0.3, 0.4) is 0 Å². The molecule has 0 spiro atoms. The van der Waals surface area contributed by atoms with Crippen LogP contribution < -0.4 is 11.0 Å². The molecule has 2 aromatic carbocycles. The molecule has 30 heavy (non-hydrogen) atoms. The van der Waals surface area contributed by atoms with Gasteiger partial charge >= 0.3 is 6.18 Å². The zero-order valence-electron chi connectivity index (χ0n) is 15.4. The zero-order valence-corrected chi connectivity index (χ0v) is 15.4. The van der Waals surface area contributed by atoms with Crippen molar-refractivity contribution in [2.24, 2.45) is 5.10 Å². The number of halogens is 4. The number of alkyl halides is 3. The molecule has 3 aromatic rings. The standard InChI is InChI=1S/C20H13F4N5O/c1-11-7-8-13(16(21)15(11)20(22,23)24)10-26-29-19-27-17(12-5-3-2-4-6-12)14(9-25)18(30)28-19/h2-8,10H,1H3,(H2,27,28,29,30). The molecule has 1 heterocycles. The molecule has 0 bridgehead atoms. The van der Waals surface area contributed by atoms with Gasteiger partial charge in [-0.1, -0.05) is 42.5 Å². The third kappa shape index (κ3) is 4.20. The number of hydrazone groups is 1. The highest BCUT2D eigenvalue weighted by molar-refractivity contribution is 5.81. The van der Waals surface area contributed by atoms with E-state index in [1.807, 2.05) is 0 Å². The van der Waals surface area contributed by atoms with E-state index in [9.17, 15) is 27.6 Å². The molecule has 0 unspecified atom stereocenters. The summed E-state index contributed by atoms with van der Waals surface area (Å²) in [4.78, 5) is 18.6. The summed E-state index contributed by atoms with van der Waals surface area (Å²) in [6.07, 6.45) is -4.01. The molecular weight excluding hydrogens is 402 g/mol. The van der Waals surface area contributed by atoms with E-state index >= 15 is 0 Å². The lowest BCUT2D eigenvalue weighted by atomic mass is 10.0. The van der Waals surface area contributed by atoms with Gasteiger partial charge < -0.3 is 0 Å². The second-order valence-electron chi connectivity index (χ2n) is 6.14. The summed E-state index contributed by atoms with van der Waals surface area (Å²) in [5.74, 6) is -1.63. The fourth-order valence-corrected chi connectivity index (χ4v) is 2.73. The average Bonchev–Trinajstić information content (AvgIpc) is 2.69. The van der Waals surface area contributed by atoms with Crippen molar-refractivity contribution >= 4 is 12.2 Å². The van der Waals surface area contributed by atoms with Crippen LogP contribution in [0.15, 0.2) is 52.4 Å². The van der Waals surface area contributed by atoms with Crippen LogP contribution in [0.1, 0.15) is 22.3 Å². The Kier molecular flexibility index (Phi) is 5.64. The molecule has 10 heteroatoms. The second kappa shape index (κ2) is 8.16.